The first kappa shape index (κ1) is 32.2. The molecule has 0 spiro atoms. The third-order valence-corrected chi connectivity index (χ3v) is 2.83. The number of nitrogens with zero attached hydrogens (tertiary/aromatic N) is 2. The number of rotatable bonds is 5. The molecule has 31 heavy (non-hydrogen) atoms. The second-order valence-corrected chi connectivity index (χ2v) is 5.05. The van der Waals surface area contributed by atoms with Crippen molar-refractivity contribution in [1.29, 1.82) is 0 Å². The third kappa shape index (κ3) is 21.0. The fraction of sp³-hybridized carbons (Fsp3) is 0.304. The zero-order chi connectivity index (χ0) is 24.5. The van der Waals surface area contributed by atoms with Crippen LogP contribution in [0.2, 0.25) is 0 Å². The molecule has 8 heteroatoms. The average molecular weight is 433 g/mol. The summed E-state index contributed by atoms with van der Waals surface area (Å²) in [5, 5.41) is 0. The molecule has 1 atom stereocenters. The Kier molecular flexibility index (Phi) is 25.4. The molecule has 0 saturated heterocycles. The van der Waals surface area contributed by atoms with E-state index in [4.69, 9.17) is 11.5 Å². The lowest BCUT2D eigenvalue weighted by Gasteiger charge is -2.03. The van der Waals surface area contributed by atoms with Crippen LogP contribution in [0.5, 0.6) is 0 Å². The van der Waals surface area contributed by atoms with E-state index in [0.717, 1.165) is 17.5 Å². The van der Waals surface area contributed by atoms with E-state index in [1.807, 2.05) is 32.9 Å². The number of benzene rings is 1. The van der Waals surface area contributed by atoms with E-state index in [9.17, 15) is 9.59 Å². The van der Waals surface area contributed by atoms with Crippen LogP contribution in [0.3, 0.4) is 0 Å². The highest BCUT2D eigenvalue weighted by molar-refractivity contribution is 5.97. The molecule has 1 aromatic heterocycles. The first-order valence-corrected chi connectivity index (χ1v) is 9.53. The number of aldehydes is 1. The summed E-state index contributed by atoms with van der Waals surface area (Å²) in [6.45, 7) is 11.2. The summed E-state index contributed by atoms with van der Waals surface area (Å²) < 4.78 is 8.83. The SMILES string of the molecule is C=CC.CC.CN=C(N)c1ccc(N)cc1.COC(C)OC=O.O=Cc1ccccn1. The molecule has 1 unspecified atom stereocenters. The maximum atomic E-state index is 9.94. The minimum absolute atomic E-state index is 0.355. The molecule has 0 radical (unpaired) electrons. The Morgan fingerprint density at radius 1 is 1.16 bits per heavy atom. The van der Waals surface area contributed by atoms with Crippen LogP contribution in [0.4, 0.5) is 5.69 Å². The number of nitrogens with two attached hydrogens (primary N) is 2. The van der Waals surface area contributed by atoms with E-state index in [2.05, 4.69) is 26.0 Å². The number of amidine groups is 1. The molecule has 0 bridgehead atoms. The molecule has 0 aliphatic heterocycles. The van der Waals surface area contributed by atoms with E-state index in [1.54, 1.807) is 56.6 Å². The van der Waals surface area contributed by atoms with Crippen molar-refractivity contribution in [2.45, 2.75) is 34.0 Å². The summed E-state index contributed by atoms with van der Waals surface area (Å²) >= 11 is 0. The van der Waals surface area contributed by atoms with E-state index in [1.165, 1.54) is 7.11 Å². The van der Waals surface area contributed by atoms with Crippen LogP contribution >= 0.6 is 0 Å². The van der Waals surface area contributed by atoms with Gasteiger partial charge >= 0.3 is 0 Å². The number of carbonyl (C=O) groups is 2. The van der Waals surface area contributed by atoms with Crippen LogP contribution in [0, 0.1) is 0 Å². The van der Waals surface area contributed by atoms with Crippen molar-refractivity contribution in [2.75, 3.05) is 19.9 Å². The summed E-state index contributed by atoms with van der Waals surface area (Å²) in [5.41, 5.74) is 13.2. The van der Waals surface area contributed by atoms with Crippen LogP contribution in [0.15, 0.2) is 66.3 Å². The number of hydrogen-bond acceptors (Lipinski definition) is 7. The van der Waals surface area contributed by atoms with Crippen molar-refractivity contribution < 1.29 is 19.1 Å². The zero-order valence-electron chi connectivity index (χ0n) is 19.3. The highest BCUT2D eigenvalue weighted by Crippen LogP contribution is 2.04. The maximum Gasteiger partial charge on any atom is 0.295 e. The molecular weight excluding hydrogens is 396 g/mol. The number of aliphatic imine (C=N–C) groups is 1. The topological polar surface area (TPSA) is 130 Å². The van der Waals surface area contributed by atoms with E-state index in [0.29, 0.717) is 18.0 Å². The molecule has 0 amide bonds. The Bertz CT molecular complexity index is 705. The molecule has 0 fully saturated rings. The van der Waals surface area contributed by atoms with Crippen molar-refractivity contribution in [1.82, 2.24) is 4.98 Å². The second kappa shape index (κ2) is 24.5. The lowest BCUT2D eigenvalue weighted by molar-refractivity contribution is -0.153. The molecular formula is C23H36N4O4. The minimum Gasteiger partial charge on any atom is -0.438 e. The van der Waals surface area contributed by atoms with Gasteiger partial charge in [-0.05, 0) is 50.2 Å². The van der Waals surface area contributed by atoms with E-state index >= 15 is 0 Å². The van der Waals surface area contributed by atoms with Gasteiger partial charge in [-0.15, -0.1) is 6.58 Å². The van der Waals surface area contributed by atoms with Crippen molar-refractivity contribution in [3.63, 3.8) is 0 Å². The molecule has 1 heterocycles. The average Bonchev–Trinajstić information content (AvgIpc) is 2.82. The minimum atomic E-state index is -0.419. The Balaban J connectivity index is -0.000000351. The van der Waals surface area contributed by atoms with Crippen LogP contribution < -0.4 is 11.5 Å². The van der Waals surface area contributed by atoms with Gasteiger partial charge in [0.2, 0.25) is 0 Å². The van der Waals surface area contributed by atoms with Gasteiger partial charge in [-0.25, -0.2) is 0 Å². The van der Waals surface area contributed by atoms with Crippen LogP contribution in [-0.4, -0.2) is 44.0 Å². The highest BCUT2D eigenvalue weighted by atomic mass is 16.7. The predicted molar refractivity (Wildman–Crippen MR) is 128 cm³/mol. The second-order valence-electron chi connectivity index (χ2n) is 5.05. The molecule has 172 valence electrons. The quantitative estimate of drug-likeness (QED) is 0.183. The first-order valence-electron chi connectivity index (χ1n) is 9.53. The van der Waals surface area contributed by atoms with E-state index < -0.39 is 6.29 Å². The molecule has 2 rings (SSSR count). The predicted octanol–water partition coefficient (Wildman–Crippen LogP) is 3.87. The zero-order valence-corrected chi connectivity index (χ0v) is 19.3. The van der Waals surface area contributed by atoms with Gasteiger partial charge in [-0.1, -0.05) is 26.0 Å². The van der Waals surface area contributed by atoms with Crippen molar-refractivity contribution in [2.24, 2.45) is 10.7 Å². The Morgan fingerprint density at radius 3 is 2.00 bits per heavy atom. The molecule has 2 aromatic rings. The van der Waals surface area contributed by atoms with Gasteiger partial charge in [-0.2, -0.15) is 0 Å². The molecule has 0 aliphatic rings. The number of pyridine rings is 1. The lowest BCUT2D eigenvalue weighted by Crippen LogP contribution is -2.12. The molecule has 0 saturated carbocycles. The number of ether oxygens (including phenoxy) is 2. The number of nitrogen functional groups attached to an aromatic ring is 1. The van der Waals surface area contributed by atoms with Crippen LogP contribution in [-0.2, 0) is 14.3 Å². The van der Waals surface area contributed by atoms with Crippen LogP contribution in [0.25, 0.3) is 0 Å². The highest BCUT2D eigenvalue weighted by Gasteiger charge is 1.94. The summed E-state index contributed by atoms with van der Waals surface area (Å²) in [4.78, 5) is 27.0. The number of methoxy groups -OCH3 is 1. The number of anilines is 1. The van der Waals surface area contributed by atoms with Crippen LogP contribution in [0.1, 0.15) is 43.7 Å². The summed E-state index contributed by atoms with van der Waals surface area (Å²) in [5.74, 6) is 0.532. The number of aromatic nitrogens is 1. The smallest absolute Gasteiger partial charge is 0.295 e. The Labute approximate surface area is 186 Å². The fourth-order valence-corrected chi connectivity index (χ4v) is 1.36. The summed E-state index contributed by atoms with van der Waals surface area (Å²) in [6, 6.07) is 12.5. The number of hydrogen-bond donors (Lipinski definition) is 2. The normalized spacial score (nSPS) is 9.81. The van der Waals surface area contributed by atoms with Gasteiger partial charge < -0.3 is 20.9 Å². The maximum absolute atomic E-state index is 9.94. The Morgan fingerprint density at radius 2 is 1.71 bits per heavy atom. The fourth-order valence-electron chi connectivity index (χ4n) is 1.36. The summed E-state index contributed by atoms with van der Waals surface area (Å²) in [7, 11) is 3.12. The van der Waals surface area contributed by atoms with Gasteiger partial charge in [0, 0.05) is 31.6 Å². The number of carbonyl (C=O) groups excluding carboxylic acids is 2. The van der Waals surface area contributed by atoms with Gasteiger partial charge in [0.25, 0.3) is 6.47 Å². The van der Waals surface area contributed by atoms with Gasteiger partial charge in [0.15, 0.2) is 12.6 Å². The lowest BCUT2D eigenvalue weighted by atomic mass is 10.2. The third-order valence-electron chi connectivity index (χ3n) is 2.83. The number of allylic oxidation sites excluding steroid dienone is 1. The standard InChI is InChI=1S/C8H11N3.C6H5NO.C4H8O3.C3H6.C2H6/c1-11-8(10)6-2-4-7(9)5-3-6;8-5-6-3-1-2-4-7-6;1-4(6-2)7-3-5;1-3-2;1-2/h2-5H,9H2,1H3,(H2,10,11);1-5H;3-4H,1-2H3;3H,1H2,2H3;1-2H3. The summed E-state index contributed by atoms with van der Waals surface area (Å²) in [6.07, 6.45) is 3.64. The van der Waals surface area contributed by atoms with Gasteiger partial charge in [0.1, 0.15) is 11.5 Å². The molecule has 8 nitrogen and oxygen atoms in total. The monoisotopic (exact) mass is 432 g/mol. The Hall–Kier alpha value is -3.52. The van der Waals surface area contributed by atoms with Crippen molar-refractivity contribution >= 4 is 24.3 Å². The first-order chi connectivity index (χ1) is 14.9. The van der Waals surface area contributed by atoms with Gasteiger partial charge in [0.05, 0.1) is 0 Å². The molecule has 1 aromatic carbocycles. The van der Waals surface area contributed by atoms with Gasteiger partial charge in [-0.3, -0.25) is 19.6 Å². The molecule has 4 N–H and O–H groups in total. The van der Waals surface area contributed by atoms with Crippen molar-refractivity contribution in [3.05, 3.63) is 72.6 Å². The van der Waals surface area contributed by atoms with E-state index in [-0.39, 0.29) is 0 Å². The molecule has 0 aliphatic carbocycles. The largest absolute Gasteiger partial charge is 0.438 e. The van der Waals surface area contributed by atoms with Crippen molar-refractivity contribution in [3.8, 4) is 0 Å².